The predicted octanol–water partition coefficient (Wildman–Crippen LogP) is 5.65. The second-order valence-electron chi connectivity index (χ2n) is 6.17. The van der Waals surface area contributed by atoms with E-state index < -0.39 is 0 Å². The molecule has 0 bridgehead atoms. The Morgan fingerprint density at radius 1 is 1.19 bits per heavy atom. The summed E-state index contributed by atoms with van der Waals surface area (Å²) >= 11 is 8.44. The molecule has 1 saturated heterocycles. The SMILES string of the molecule is O=C(c1ccc(Br)cc1)N(CC1CCCO1)c1nc2ccc(Br)cc2s1. The number of carbonyl (C=O) groups excluding carboxylic acids is 1. The molecule has 134 valence electrons. The average Bonchev–Trinajstić information content (AvgIpc) is 3.28. The number of fused-ring (bicyclic) bond motifs is 1. The van der Waals surface area contributed by atoms with Crippen molar-refractivity contribution in [3.8, 4) is 0 Å². The van der Waals surface area contributed by atoms with Crippen molar-refractivity contribution >= 4 is 64.5 Å². The minimum atomic E-state index is -0.0499. The molecule has 0 saturated carbocycles. The van der Waals surface area contributed by atoms with Gasteiger partial charge in [-0.15, -0.1) is 0 Å². The smallest absolute Gasteiger partial charge is 0.260 e. The number of thiazole rings is 1. The number of hydrogen-bond acceptors (Lipinski definition) is 4. The minimum absolute atomic E-state index is 0.0499. The third kappa shape index (κ3) is 3.86. The van der Waals surface area contributed by atoms with Gasteiger partial charge in [-0.1, -0.05) is 43.2 Å². The fourth-order valence-corrected chi connectivity index (χ4v) is 4.78. The monoisotopic (exact) mass is 494 g/mol. The van der Waals surface area contributed by atoms with Gasteiger partial charge in [-0.05, 0) is 55.3 Å². The largest absolute Gasteiger partial charge is 0.376 e. The van der Waals surface area contributed by atoms with Crippen molar-refractivity contribution in [2.75, 3.05) is 18.1 Å². The van der Waals surface area contributed by atoms with Gasteiger partial charge in [-0.3, -0.25) is 9.69 Å². The van der Waals surface area contributed by atoms with E-state index in [2.05, 4.69) is 31.9 Å². The van der Waals surface area contributed by atoms with Crippen LogP contribution in [0.5, 0.6) is 0 Å². The van der Waals surface area contributed by atoms with Crippen molar-refractivity contribution in [3.05, 3.63) is 57.0 Å². The van der Waals surface area contributed by atoms with Crippen molar-refractivity contribution in [2.45, 2.75) is 18.9 Å². The number of hydrogen-bond donors (Lipinski definition) is 0. The zero-order valence-electron chi connectivity index (χ0n) is 13.8. The molecule has 2 heterocycles. The van der Waals surface area contributed by atoms with Gasteiger partial charge in [-0.2, -0.15) is 0 Å². The molecule has 1 aliphatic heterocycles. The Morgan fingerprint density at radius 3 is 2.69 bits per heavy atom. The summed E-state index contributed by atoms with van der Waals surface area (Å²) in [5.41, 5.74) is 1.54. The lowest BCUT2D eigenvalue weighted by molar-refractivity contribution is 0.0917. The molecule has 0 spiro atoms. The highest BCUT2D eigenvalue weighted by Gasteiger charge is 2.27. The summed E-state index contributed by atoms with van der Waals surface area (Å²) in [5.74, 6) is -0.0499. The molecular formula is C19H16Br2N2O2S. The average molecular weight is 496 g/mol. The summed E-state index contributed by atoms with van der Waals surface area (Å²) in [7, 11) is 0. The van der Waals surface area contributed by atoms with Gasteiger partial charge in [0.1, 0.15) is 0 Å². The van der Waals surface area contributed by atoms with Crippen LogP contribution < -0.4 is 4.90 Å². The predicted molar refractivity (Wildman–Crippen MR) is 112 cm³/mol. The molecule has 26 heavy (non-hydrogen) atoms. The van der Waals surface area contributed by atoms with E-state index in [0.29, 0.717) is 17.2 Å². The second-order valence-corrected chi connectivity index (χ2v) is 9.01. The van der Waals surface area contributed by atoms with Crippen molar-refractivity contribution in [2.24, 2.45) is 0 Å². The first-order valence-electron chi connectivity index (χ1n) is 8.35. The van der Waals surface area contributed by atoms with Gasteiger partial charge >= 0.3 is 0 Å². The number of rotatable bonds is 4. The summed E-state index contributed by atoms with van der Waals surface area (Å²) in [6.45, 7) is 1.29. The number of nitrogens with zero attached hydrogens (tertiary/aromatic N) is 2. The molecule has 4 nitrogen and oxygen atoms in total. The Morgan fingerprint density at radius 2 is 1.96 bits per heavy atom. The third-order valence-electron chi connectivity index (χ3n) is 4.32. The van der Waals surface area contributed by atoms with E-state index in [-0.39, 0.29) is 12.0 Å². The highest BCUT2D eigenvalue weighted by Crippen LogP contribution is 2.32. The maximum atomic E-state index is 13.2. The van der Waals surface area contributed by atoms with Crippen molar-refractivity contribution in [1.29, 1.82) is 0 Å². The maximum absolute atomic E-state index is 13.2. The number of amides is 1. The molecule has 0 N–H and O–H groups in total. The van der Waals surface area contributed by atoms with Crippen LogP contribution in [0.1, 0.15) is 23.2 Å². The highest BCUT2D eigenvalue weighted by atomic mass is 79.9. The summed E-state index contributed by atoms with van der Waals surface area (Å²) < 4.78 is 8.78. The van der Waals surface area contributed by atoms with Crippen LogP contribution in [0, 0.1) is 0 Å². The van der Waals surface area contributed by atoms with Crippen LogP contribution in [0.25, 0.3) is 10.2 Å². The highest BCUT2D eigenvalue weighted by molar-refractivity contribution is 9.10. The molecule has 1 atom stereocenters. The van der Waals surface area contributed by atoms with Gasteiger partial charge in [0.2, 0.25) is 0 Å². The van der Waals surface area contributed by atoms with Crippen molar-refractivity contribution < 1.29 is 9.53 Å². The van der Waals surface area contributed by atoms with Gasteiger partial charge < -0.3 is 4.74 Å². The van der Waals surface area contributed by atoms with Crippen LogP contribution in [0.2, 0.25) is 0 Å². The van der Waals surface area contributed by atoms with Crippen molar-refractivity contribution in [1.82, 2.24) is 4.98 Å². The lowest BCUT2D eigenvalue weighted by atomic mass is 10.2. The molecule has 3 aromatic rings. The Labute approximate surface area is 172 Å². The van der Waals surface area contributed by atoms with Gasteiger partial charge in [0.25, 0.3) is 5.91 Å². The van der Waals surface area contributed by atoms with Crippen molar-refractivity contribution in [3.63, 3.8) is 0 Å². The second kappa shape index (κ2) is 7.76. The summed E-state index contributed by atoms with van der Waals surface area (Å²) in [6.07, 6.45) is 2.08. The first-order valence-corrected chi connectivity index (χ1v) is 10.8. The Kier molecular flexibility index (Phi) is 5.40. The van der Waals surface area contributed by atoms with E-state index in [4.69, 9.17) is 9.72 Å². The lowest BCUT2D eigenvalue weighted by Crippen LogP contribution is -2.37. The van der Waals surface area contributed by atoms with Gasteiger partial charge in [0.05, 0.1) is 22.9 Å². The number of aromatic nitrogens is 1. The van der Waals surface area contributed by atoms with Crippen LogP contribution in [0.4, 0.5) is 5.13 Å². The molecule has 1 aliphatic rings. The van der Waals surface area contributed by atoms with Gasteiger partial charge in [0, 0.05) is 21.1 Å². The number of anilines is 1. The van der Waals surface area contributed by atoms with E-state index in [1.54, 1.807) is 4.90 Å². The topological polar surface area (TPSA) is 42.4 Å². The number of carbonyl (C=O) groups is 1. The molecule has 0 aliphatic carbocycles. The maximum Gasteiger partial charge on any atom is 0.260 e. The van der Waals surface area contributed by atoms with E-state index >= 15 is 0 Å². The zero-order chi connectivity index (χ0) is 18.1. The quantitative estimate of drug-likeness (QED) is 0.469. The summed E-state index contributed by atoms with van der Waals surface area (Å²) in [6, 6.07) is 13.4. The van der Waals surface area contributed by atoms with Gasteiger partial charge in [0.15, 0.2) is 5.13 Å². The molecule has 1 fully saturated rings. The van der Waals surface area contributed by atoms with Crippen LogP contribution in [0.15, 0.2) is 51.4 Å². The van der Waals surface area contributed by atoms with E-state index in [0.717, 1.165) is 38.6 Å². The molecule has 1 amide bonds. The zero-order valence-corrected chi connectivity index (χ0v) is 17.8. The first kappa shape index (κ1) is 18.1. The fraction of sp³-hybridized carbons (Fsp3) is 0.263. The molecule has 1 aromatic heterocycles. The molecule has 1 unspecified atom stereocenters. The normalized spacial score (nSPS) is 16.9. The molecule has 2 aromatic carbocycles. The van der Waals surface area contributed by atoms with Gasteiger partial charge in [-0.25, -0.2) is 4.98 Å². The summed E-state index contributed by atoms with van der Waals surface area (Å²) in [5, 5.41) is 0.710. The Balaban J connectivity index is 1.70. The Hall–Kier alpha value is -1.28. The molecular weight excluding hydrogens is 480 g/mol. The van der Waals surface area contributed by atoms with Crippen LogP contribution in [-0.4, -0.2) is 30.1 Å². The van der Waals surface area contributed by atoms with E-state index in [9.17, 15) is 4.79 Å². The van der Waals surface area contributed by atoms with Crippen LogP contribution in [-0.2, 0) is 4.74 Å². The Bertz CT molecular complexity index is 936. The third-order valence-corrected chi connectivity index (χ3v) is 6.38. The lowest BCUT2D eigenvalue weighted by Gasteiger charge is -2.23. The number of ether oxygens (including phenoxy) is 1. The van der Waals surface area contributed by atoms with Crippen LogP contribution >= 0.6 is 43.2 Å². The molecule has 4 rings (SSSR count). The van der Waals surface area contributed by atoms with E-state index in [1.165, 1.54) is 11.3 Å². The number of benzene rings is 2. The molecule has 7 heteroatoms. The standard InChI is InChI=1S/C19H16Br2N2O2S/c20-13-5-3-12(4-6-13)18(24)23(11-15-2-1-9-25-15)19-22-16-8-7-14(21)10-17(16)26-19/h3-8,10,15H,1-2,9,11H2. The van der Waals surface area contributed by atoms with Crippen LogP contribution in [0.3, 0.4) is 0 Å². The van der Waals surface area contributed by atoms with E-state index in [1.807, 2.05) is 42.5 Å². The molecule has 0 radical (unpaired) electrons. The summed E-state index contributed by atoms with van der Waals surface area (Å²) in [4.78, 5) is 19.7. The first-order chi connectivity index (χ1) is 12.6. The minimum Gasteiger partial charge on any atom is -0.376 e. The number of halogens is 2. The fourth-order valence-electron chi connectivity index (χ4n) is 2.99.